The highest BCUT2D eigenvalue weighted by Gasteiger charge is 2.11. The topological polar surface area (TPSA) is 54.7 Å². The Bertz CT molecular complexity index is 367. The standard InChI is InChI=1S/C11H13N3/c12-8-10(11-2-1-5-14-11)9-3-6-13-7-4-9/h1-7,10,14H,8,12H2/t10-/m1/s1. The second kappa shape index (κ2) is 4.07. The van der Waals surface area contributed by atoms with Crippen LogP contribution in [0, 0.1) is 0 Å². The van der Waals surface area contributed by atoms with E-state index < -0.39 is 0 Å². The van der Waals surface area contributed by atoms with Gasteiger partial charge in [0.1, 0.15) is 0 Å². The minimum Gasteiger partial charge on any atom is -0.364 e. The quantitative estimate of drug-likeness (QED) is 0.765. The molecule has 14 heavy (non-hydrogen) atoms. The molecule has 2 aromatic rings. The van der Waals surface area contributed by atoms with Gasteiger partial charge in [-0.1, -0.05) is 0 Å². The fraction of sp³-hybridized carbons (Fsp3) is 0.182. The molecule has 0 aliphatic rings. The van der Waals surface area contributed by atoms with Crippen LogP contribution in [0.5, 0.6) is 0 Å². The number of hydrogen-bond donors (Lipinski definition) is 2. The highest BCUT2D eigenvalue weighted by Crippen LogP contribution is 2.20. The fourth-order valence-electron chi connectivity index (χ4n) is 1.60. The molecule has 1 atom stereocenters. The summed E-state index contributed by atoms with van der Waals surface area (Å²) in [5.74, 6) is 0.244. The summed E-state index contributed by atoms with van der Waals surface area (Å²) in [7, 11) is 0. The third kappa shape index (κ3) is 1.67. The molecule has 2 aromatic heterocycles. The molecule has 2 rings (SSSR count). The predicted molar refractivity (Wildman–Crippen MR) is 55.9 cm³/mol. The fourth-order valence-corrected chi connectivity index (χ4v) is 1.60. The van der Waals surface area contributed by atoms with E-state index in [2.05, 4.69) is 16.0 Å². The van der Waals surface area contributed by atoms with Crippen molar-refractivity contribution in [2.45, 2.75) is 5.92 Å². The molecule has 0 amide bonds. The van der Waals surface area contributed by atoms with E-state index in [4.69, 9.17) is 5.73 Å². The van der Waals surface area contributed by atoms with E-state index in [0.717, 1.165) is 5.69 Å². The number of rotatable bonds is 3. The lowest BCUT2D eigenvalue weighted by Gasteiger charge is -2.12. The molecule has 0 saturated heterocycles. The first-order valence-corrected chi connectivity index (χ1v) is 4.65. The molecule has 3 N–H and O–H groups in total. The zero-order valence-corrected chi connectivity index (χ0v) is 7.85. The molecule has 0 spiro atoms. The van der Waals surface area contributed by atoms with E-state index in [1.165, 1.54) is 5.56 Å². The Kier molecular flexibility index (Phi) is 2.60. The van der Waals surface area contributed by atoms with Crippen LogP contribution >= 0.6 is 0 Å². The van der Waals surface area contributed by atoms with Gasteiger partial charge in [-0.05, 0) is 29.8 Å². The van der Waals surface area contributed by atoms with Gasteiger partial charge in [-0.15, -0.1) is 0 Å². The Morgan fingerprint density at radius 3 is 2.64 bits per heavy atom. The number of pyridine rings is 1. The average molecular weight is 187 g/mol. The van der Waals surface area contributed by atoms with Crippen LogP contribution in [-0.2, 0) is 0 Å². The monoisotopic (exact) mass is 187 g/mol. The van der Waals surface area contributed by atoms with E-state index in [9.17, 15) is 0 Å². The number of nitrogens with zero attached hydrogens (tertiary/aromatic N) is 1. The minimum atomic E-state index is 0.244. The molecule has 0 fully saturated rings. The Labute approximate surface area is 83.0 Å². The van der Waals surface area contributed by atoms with Crippen molar-refractivity contribution >= 4 is 0 Å². The number of nitrogens with one attached hydrogen (secondary N) is 1. The first-order valence-electron chi connectivity index (χ1n) is 4.65. The highest BCUT2D eigenvalue weighted by atomic mass is 14.7. The lowest BCUT2D eigenvalue weighted by molar-refractivity contribution is 0.792. The summed E-state index contributed by atoms with van der Waals surface area (Å²) in [6, 6.07) is 8.04. The van der Waals surface area contributed by atoms with Crippen molar-refractivity contribution in [2.24, 2.45) is 5.73 Å². The van der Waals surface area contributed by atoms with E-state index in [0.29, 0.717) is 6.54 Å². The molecule has 2 heterocycles. The molecule has 0 aliphatic carbocycles. The maximum Gasteiger partial charge on any atom is 0.0364 e. The van der Waals surface area contributed by atoms with Crippen LogP contribution < -0.4 is 5.73 Å². The van der Waals surface area contributed by atoms with Gasteiger partial charge in [0.2, 0.25) is 0 Å². The maximum absolute atomic E-state index is 5.76. The largest absolute Gasteiger partial charge is 0.364 e. The van der Waals surface area contributed by atoms with Gasteiger partial charge in [0.05, 0.1) is 0 Å². The van der Waals surface area contributed by atoms with Crippen LogP contribution in [0.1, 0.15) is 17.2 Å². The number of aromatic amines is 1. The van der Waals surface area contributed by atoms with Gasteiger partial charge < -0.3 is 10.7 Å². The van der Waals surface area contributed by atoms with Gasteiger partial charge in [0, 0.05) is 36.7 Å². The number of H-pyrrole nitrogens is 1. The first-order chi connectivity index (χ1) is 6.92. The molecule has 3 heteroatoms. The van der Waals surface area contributed by atoms with Crippen LogP contribution in [0.15, 0.2) is 42.9 Å². The summed E-state index contributed by atoms with van der Waals surface area (Å²) in [5, 5.41) is 0. The van der Waals surface area contributed by atoms with Crippen molar-refractivity contribution in [1.29, 1.82) is 0 Å². The lowest BCUT2D eigenvalue weighted by Crippen LogP contribution is -2.14. The van der Waals surface area contributed by atoms with E-state index >= 15 is 0 Å². The van der Waals surface area contributed by atoms with E-state index in [1.807, 2.05) is 24.4 Å². The number of hydrogen-bond acceptors (Lipinski definition) is 2. The minimum absolute atomic E-state index is 0.244. The summed E-state index contributed by atoms with van der Waals surface area (Å²) in [6.07, 6.45) is 5.50. The summed E-state index contributed by atoms with van der Waals surface area (Å²) < 4.78 is 0. The maximum atomic E-state index is 5.76. The van der Waals surface area contributed by atoms with Gasteiger partial charge in [0.15, 0.2) is 0 Å². The number of nitrogens with two attached hydrogens (primary N) is 1. The van der Waals surface area contributed by atoms with Gasteiger partial charge >= 0.3 is 0 Å². The van der Waals surface area contributed by atoms with Crippen molar-refractivity contribution in [2.75, 3.05) is 6.54 Å². The Morgan fingerprint density at radius 1 is 1.29 bits per heavy atom. The molecule has 0 unspecified atom stereocenters. The second-order valence-electron chi connectivity index (χ2n) is 3.19. The van der Waals surface area contributed by atoms with E-state index in [-0.39, 0.29) is 5.92 Å². The molecular weight excluding hydrogens is 174 g/mol. The lowest BCUT2D eigenvalue weighted by atomic mass is 9.97. The summed E-state index contributed by atoms with van der Waals surface area (Å²) in [5.41, 5.74) is 8.11. The highest BCUT2D eigenvalue weighted by molar-refractivity contribution is 5.27. The molecule has 0 radical (unpaired) electrons. The third-order valence-electron chi connectivity index (χ3n) is 2.34. The summed E-state index contributed by atoms with van der Waals surface area (Å²) >= 11 is 0. The SMILES string of the molecule is NC[C@H](c1ccncc1)c1ccc[nH]1. The average Bonchev–Trinajstić information content (AvgIpc) is 2.74. The molecule has 3 nitrogen and oxygen atoms in total. The molecular formula is C11H13N3. The zero-order valence-electron chi connectivity index (χ0n) is 7.85. The Balaban J connectivity index is 2.31. The van der Waals surface area contributed by atoms with Crippen LogP contribution in [0.25, 0.3) is 0 Å². The van der Waals surface area contributed by atoms with Crippen LogP contribution in [0.4, 0.5) is 0 Å². The van der Waals surface area contributed by atoms with Crippen molar-refractivity contribution < 1.29 is 0 Å². The van der Waals surface area contributed by atoms with E-state index in [1.54, 1.807) is 12.4 Å². The molecule has 0 bridgehead atoms. The van der Waals surface area contributed by atoms with Gasteiger partial charge in [-0.25, -0.2) is 0 Å². The normalized spacial score (nSPS) is 12.6. The molecule has 0 saturated carbocycles. The van der Waals surface area contributed by atoms with Gasteiger partial charge in [0.25, 0.3) is 0 Å². The second-order valence-corrected chi connectivity index (χ2v) is 3.19. The Morgan fingerprint density at radius 2 is 2.07 bits per heavy atom. The van der Waals surface area contributed by atoms with Crippen LogP contribution in [0.3, 0.4) is 0 Å². The van der Waals surface area contributed by atoms with Crippen molar-refractivity contribution in [3.63, 3.8) is 0 Å². The summed E-state index contributed by atoms with van der Waals surface area (Å²) in [4.78, 5) is 7.18. The Hall–Kier alpha value is -1.61. The van der Waals surface area contributed by atoms with Gasteiger partial charge in [-0.3, -0.25) is 4.98 Å². The predicted octanol–water partition coefficient (Wildman–Crippen LogP) is 1.50. The van der Waals surface area contributed by atoms with Crippen molar-refractivity contribution in [1.82, 2.24) is 9.97 Å². The smallest absolute Gasteiger partial charge is 0.0364 e. The van der Waals surface area contributed by atoms with Crippen molar-refractivity contribution in [3.8, 4) is 0 Å². The molecule has 0 aliphatic heterocycles. The summed E-state index contributed by atoms with van der Waals surface area (Å²) in [6.45, 7) is 0.602. The van der Waals surface area contributed by atoms with Crippen LogP contribution in [-0.4, -0.2) is 16.5 Å². The first kappa shape index (κ1) is 8.97. The van der Waals surface area contributed by atoms with Gasteiger partial charge in [-0.2, -0.15) is 0 Å². The molecule has 0 aromatic carbocycles. The zero-order chi connectivity index (χ0) is 9.80. The third-order valence-corrected chi connectivity index (χ3v) is 2.34. The van der Waals surface area contributed by atoms with Crippen molar-refractivity contribution in [3.05, 3.63) is 54.1 Å². The molecule has 72 valence electrons. The van der Waals surface area contributed by atoms with Crippen LogP contribution in [0.2, 0.25) is 0 Å². The number of aromatic nitrogens is 2.